The van der Waals surface area contributed by atoms with Crippen LogP contribution in [-0.4, -0.2) is 31.6 Å². The molecule has 1 N–H and O–H groups in total. The van der Waals surface area contributed by atoms with Crippen LogP contribution in [0.5, 0.6) is 0 Å². The van der Waals surface area contributed by atoms with Crippen molar-refractivity contribution in [1.82, 2.24) is 14.8 Å². The minimum atomic E-state index is -0.901. The molecule has 0 radical (unpaired) electrons. The van der Waals surface area contributed by atoms with Gasteiger partial charge in [-0.2, -0.15) is 0 Å². The summed E-state index contributed by atoms with van der Waals surface area (Å²) in [4.78, 5) is 10.8. The fraction of sp³-hybridized carbons (Fsp3) is 0.417. The van der Waals surface area contributed by atoms with Gasteiger partial charge in [-0.1, -0.05) is 35.0 Å². The second-order valence-corrected chi connectivity index (χ2v) is 8.46. The zero-order valence-corrected chi connectivity index (χ0v) is 14.7. The third-order valence-corrected chi connectivity index (χ3v) is 4.93. The number of carbonyl (C=O) groups is 1. The van der Waals surface area contributed by atoms with Gasteiger partial charge >= 0.3 is 5.97 Å². The smallest absolute Gasteiger partial charge is 0.313 e. The van der Waals surface area contributed by atoms with E-state index >= 15 is 0 Å². The first-order valence-corrected chi connectivity index (χ1v) is 8.51. The Kier molecular flexibility index (Phi) is 4.87. The first kappa shape index (κ1) is 16.6. The molecule has 0 saturated carbocycles. The lowest BCUT2D eigenvalue weighted by atomic mass is 10.1. The standard InChI is InChI=1S/C12H13Cl2N3O2S2/c1-12(2,3)17-10(6-4-7(13)21-9(6)14)15-16-11(17)20-5-8(18)19/h4H,5H2,1-3H3,(H,18,19). The van der Waals surface area contributed by atoms with Crippen LogP contribution in [0.2, 0.25) is 8.67 Å². The van der Waals surface area contributed by atoms with Crippen molar-refractivity contribution in [2.24, 2.45) is 0 Å². The van der Waals surface area contributed by atoms with Gasteiger partial charge in [0, 0.05) is 5.54 Å². The van der Waals surface area contributed by atoms with Crippen LogP contribution >= 0.6 is 46.3 Å². The van der Waals surface area contributed by atoms with Crippen LogP contribution in [0, 0.1) is 0 Å². The highest BCUT2D eigenvalue weighted by Gasteiger charge is 2.26. The molecule has 0 aliphatic rings. The molecule has 0 aromatic carbocycles. The Bertz CT molecular complexity index is 677. The lowest BCUT2D eigenvalue weighted by molar-refractivity contribution is -0.133. The number of carboxylic acid groups (broad SMARTS) is 1. The maximum absolute atomic E-state index is 10.8. The van der Waals surface area contributed by atoms with E-state index in [0.717, 1.165) is 11.8 Å². The molecule has 2 heterocycles. The average molecular weight is 366 g/mol. The molecule has 2 aromatic rings. The van der Waals surface area contributed by atoms with Gasteiger partial charge in [0.25, 0.3) is 0 Å². The predicted octanol–water partition coefficient (Wildman–Crippen LogP) is 4.25. The number of aliphatic carboxylic acids is 1. The van der Waals surface area contributed by atoms with Crippen LogP contribution in [0.15, 0.2) is 11.2 Å². The van der Waals surface area contributed by atoms with Crippen LogP contribution in [0.1, 0.15) is 20.8 Å². The summed E-state index contributed by atoms with van der Waals surface area (Å²) in [5.74, 6) is -0.392. The van der Waals surface area contributed by atoms with Crippen molar-refractivity contribution < 1.29 is 9.90 Å². The molecule has 5 nitrogen and oxygen atoms in total. The van der Waals surface area contributed by atoms with Crippen LogP contribution in [0.25, 0.3) is 11.4 Å². The molecule has 9 heteroatoms. The van der Waals surface area contributed by atoms with Crippen molar-refractivity contribution in [3.05, 3.63) is 14.7 Å². The van der Waals surface area contributed by atoms with Gasteiger partial charge in [-0.25, -0.2) is 0 Å². The highest BCUT2D eigenvalue weighted by atomic mass is 35.5. The second kappa shape index (κ2) is 6.16. The average Bonchev–Trinajstić information content (AvgIpc) is 2.88. The minimum Gasteiger partial charge on any atom is -0.481 e. The number of rotatable bonds is 4. The third kappa shape index (κ3) is 3.71. The molecule has 0 unspecified atom stereocenters. The van der Waals surface area contributed by atoms with Gasteiger partial charge in [0.1, 0.15) is 4.34 Å². The highest BCUT2D eigenvalue weighted by molar-refractivity contribution is 7.99. The molecule has 0 aliphatic carbocycles. The molecule has 0 saturated heterocycles. The van der Waals surface area contributed by atoms with E-state index < -0.39 is 5.97 Å². The van der Waals surface area contributed by atoms with Gasteiger partial charge in [-0.3, -0.25) is 9.36 Å². The lowest BCUT2D eigenvalue weighted by Gasteiger charge is -2.24. The van der Waals surface area contributed by atoms with Gasteiger partial charge in [-0.15, -0.1) is 21.5 Å². The second-order valence-electron chi connectivity index (χ2n) is 5.23. The van der Waals surface area contributed by atoms with E-state index in [1.54, 1.807) is 6.07 Å². The van der Waals surface area contributed by atoms with Crippen LogP contribution in [0.4, 0.5) is 0 Å². The Balaban J connectivity index is 2.52. The van der Waals surface area contributed by atoms with E-state index in [4.69, 9.17) is 28.3 Å². The number of hydrogen-bond donors (Lipinski definition) is 1. The number of thiophene rings is 1. The monoisotopic (exact) mass is 365 g/mol. The SMILES string of the molecule is CC(C)(C)n1c(SCC(=O)O)nnc1-c1cc(Cl)sc1Cl. The highest BCUT2D eigenvalue weighted by Crippen LogP contribution is 2.40. The Morgan fingerprint density at radius 1 is 1.43 bits per heavy atom. The van der Waals surface area contributed by atoms with Crippen molar-refractivity contribution in [2.75, 3.05) is 5.75 Å². The first-order valence-electron chi connectivity index (χ1n) is 5.96. The molecule has 0 bridgehead atoms. The molecule has 0 aliphatic heterocycles. The van der Waals surface area contributed by atoms with E-state index in [1.165, 1.54) is 11.3 Å². The van der Waals surface area contributed by atoms with E-state index in [9.17, 15) is 4.79 Å². The molecule has 0 amide bonds. The molecule has 0 fully saturated rings. The van der Waals surface area contributed by atoms with Gasteiger partial charge in [0.15, 0.2) is 11.0 Å². The molecule has 114 valence electrons. The Hall–Kier alpha value is -0.760. The Morgan fingerprint density at radius 2 is 2.10 bits per heavy atom. The summed E-state index contributed by atoms with van der Waals surface area (Å²) in [6.07, 6.45) is 0. The largest absolute Gasteiger partial charge is 0.481 e. The maximum Gasteiger partial charge on any atom is 0.313 e. The third-order valence-electron chi connectivity index (χ3n) is 2.53. The number of nitrogens with zero attached hydrogens (tertiary/aromatic N) is 3. The fourth-order valence-corrected chi connectivity index (χ4v) is 4.06. The minimum absolute atomic E-state index is 0.0770. The van der Waals surface area contributed by atoms with Gasteiger partial charge in [-0.05, 0) is 26.8 Å². The number of thioether (sulfide) groups is 1. The predicted molar refractivity (Wildman–Crippen MR) is 86.7 cm³/mol. The molecule has 0 atom stereocenters. The van der Waals surface area contributed by atoms with Gasteiger partial charge < -0.3 is 5.11 Å². The van der Waals surface area contributed by atoms with Crippen molar-refractivity contribution >= 4 is 52.3 Å². The van der Waals surface area contributed by atoms with Crippen molar-refractivity contribution in [3.8, 4) is 11.4 Å². The molecular formula is C12H13Cl2N3O2S2. The Labute approximate surface area is 140 Å². The summed E-state index contributed by atoms with van der Waals surface area (Å²) < 4.78 is 2.98. The van der Waals surface area contributed by atoms with Crippen LogP contribution in [-0.2, 0) is 10.3 Å². The zero-order chi connectivity index (χ0) is 15.8. The normalized spacial score (nSPS) is 11.9. The molecule has 2 rings (SSSR count). The zero-order valence-electron chi connectivity index (χ0n) is 11.6. The van der Waals surface area contributed by atoms with E-state index in [2.05, 4.69) is 10.2 Å². The quantitative estimate of drug-likeness (QED) is 0.820. The first-order chi connectivity index (χ1) is 9.70. The van der Waals surface area contributed by atoms with Crippen molar-refractivity contribution in [2.45, 2.75) is 31.5 Å². The molecule has 21 heavy (non-hydrogen) atoms. The summed E-state index contributed by atoms with van der Waals surface area (Å²) in [6, 6.07) is 1.74. The summed E-state index contributed by atoms with van der Waals surface area (Å²) in [5, 5.41) is 17.6. The summed E-state index contributed by atoms with van der Waals surface area (Å²) in [5.41, 5.74) is 0.383. The Morgan fingerprint density at radius 3 is 2.57 bits per heavy atom. The van der Waals surface area contributed by atoms with Crippen molar-refractivity contribution in [1.29, 1.82) is 0 Å². The van der Waals surface area contributed by atoms with Crippen LogP contribution < -0.4 is 0 Å². The maximum atomic E-state index is 10.8. The van der Waals surface area contributed by atoms with Crippen molar-refractivity contribution in [3.63, 3.8) is 0 Å². The van der Waals surface area contributed by atoms with Gasteiger partial charge in [0.2, 0.25) is 0 Å². The number of aromatic nitrogens is 3. The van der Waals surface area contributed by atoms with E-state index in [-0.39, 0.29) is 11.3 Å². The summed E-state index contributed by atoms with van der Waals surface area (Å²) in [6.45, 7) is 5.98. The topological polar surface area (TPSA) is 68.0 Å². The summed E-state index contributed by atoms with van der Waals surface area (Å²) in [7, 11) is 0. The molecular weight excluding hydrogens is 353 g/mol. The number of carboxylic acids is 1. The van der Waals surface area contributed by atoms with Gasteiger partial charge in [0.05, 0.1) is 15.7 Å². The number of halogens is 2. The fourth-order valence-electron chi connectivity index (χ4n) is 1.76. The van der Waals surface area contributed by atoms with E-state index in [1.807, 2.05) is 25.3 Å². The summed E-state index contributed by atoms with van der Waals surface area (Å²) >= 11 is 14.6. The molecule has 2 aromatic heterocycles. The molecule has 0 spiro atoms. The lowest BCUT2D eigenvalue weighted by Crippen LogP contribution is -2.24. The van der Waals surface area contributed by atoms with Crippen LogP contribution in [0.3, 0.4) is 0 Å². The van der Waals surface area contributed by atoms with E-state index in [0.29, 0.717) is 25.2 Å². The number of hydrogen-bond acceptors (Lipinski definition) is 5.